The summed E-state index contributed by atoms with van der Waals surface area (Å²) in [7, 11) is 0. The lowest BCUT2D eigenvalue weighted by Gasteiger charge is -2.33. The summed E-state index contributed by atoms with van der Waals surface area (Å²) in [5, 5.41) is 5.69. The molecule has 4 rings (SSSR count). The van der Waals surface area contributed by atoms with Crippen LogP contribution in [0.3, 0.4) is 0 Å². The van der Waals surface area contributed by atoms with E-state index in [1.807, 2.05) is 0 Å². The first-order valence-electron chi connectivity index (χ1n) is 13.8. The maximum Gasteiger partial charge on any atom is 0.254 e. The van der Waals surface area contributed by atoms with Crippen molar-refractivity contribution in [3.63, 3.8) is 0 Å². The Kier molecular flexibility index (Phi) is 9.78. The third-order valence-electron chi connectivity index (χ3n) is 7.94. The summed E-state index contributed by atoms with van der Waals surface area (Å²) in [6, 6.07) is 7.37. The summed E-state index contributed by atoms with van der Waals surface area (Å²) in [5.41, 5.74) is 0.535. The fourth-order valence-electron chi connectivity index (χ4n) is 5.82. The zero-order chi connectivity index (χ0) is 27.9. The molecule has 2 aromatic carbocycles. The van der Waals surface area contributed by atoms with Crippen LogP contribution in [0.25, 0.3) is 0 Å². The number of rotatable bonds is 9. The molecule has 39 heavy (non-hydrogen) atoms. The highest BCUT2D eigenvalue weighted by molar-refractivity contribution is 5.98. The number of hydrogen-bond donors (Lipinski definition) is 2. The Hall–Kier alpha value is -3.20. The molecule has 1 saturated heterocycles. The van der Waals surface area contributed by atoms with Gasteiger partial charge in [0.1, 0.15) is 17.5 Å². The molecule has 210 valence electrons. The van der Waals surface area contributed by atoms with Gasteiger partial charge in [0.15, 0.2) is 5.78 Å². The number of ketones is 1. The van der Waals surface area contributed by atoms with Gasteiger partial charge >= 0.3 is 0 Å². The van der Waals surface area contributed by atoms with Gasteiger partial charge in [0, 0.05) is 37.2 Å². The highest BCUT2D eigenvalue weighted by Crippen LogP contribution is 2.31. The average molecular weight is 544 g/mol. The van der Waals surface area contributed by atoms with E-state index >= 15 is 4.39 Å². The number of likely N-dealkylation sites (tertiary alicyclic amines) is 1. The second-order valence-electron chi connectivity index (χ2n) is 10.7. The van der Waals surface area contributed by atoms with Gasteiger partial charge in [0.05, 0.1) is 18.2 Å². The van der Waals surface area contributed by atoms with E-state index in [0.29, 0.717) is 31.5 Å². The van der Waals surface area contributed by atoms with E-state index < -0.39 is 29.4 Å². The molecule has 9 heteroatoms. The number of halogens is 3. The van der Waals surface area contributed by atoms with Gasteiger partial charge in [-0.2, -0.15) is 0 Å². The first kappa shape index (κ1) is 28.8. The number of hydrogen-bond acceptors (Lipinski definition) is 4. The van der Waals surface area contributed by atoms with Crippen molar-refractivity contribution >= 4 is 17.6 Å². The van der Waals surface area contributed by atoms with E-state index in [4.69, 9.17) is 0 Å². The van der Waals surface area contributed by atoms with Crippen molar-refractivity contribution in [2.75, 3.05) is 19.6 Å². The lowest BCUT2D eigenvalue weighted by Crippen LogP contribution is -2.46. The second-order valence-corrected chi connectivity index (χ2v) is 10.7. The monoisotopic (exact) mass is 543 g/mol. The highest BCUT2D eigenvalue weighted by Gasteiger charge is 2.31. The Morgan fingerprint density at radius 2 is 1.77 bits per heavy atom. The van der Waals surface area contributed by atoms with E-state index in [2.05, 4.69) is 10.6 Å². The number of carbonyl (C=O) groups is 3. The van der Waals surface area contributed by atoms with Gasteiger partial charge in [0.2, 0.25) is 5.91 Å². The molecule has 2 unspecified atom stereocenters. The maximum absolute atomic E-state index is 15.7. The number of Topliss-reactive ketones (excluding diaryl/α,β-unsaturated/α-hetero) is 1. The fraction of sp³-hybridized carbons (Fsp3) is 0.500. The normalized spacial score (nSPS) is 19.0. The molecule has 0 spiro atoms. The summed E-state index contributed by atoms with van der Waals surface area (Å²) in [6.07, 6.45) is 6.23. The van der Waals surface area contributed by atoms with Crippen molar-refractivity contribution in [2.24, 2.45) is 5.92 Å². The average Bonchev–Trinajstić information content (AvgIpc) is 2.93. The first-order valence-corrected chi connectivity index (χ1v) is 13.8. The van der Waals surface area contributed by atoms with Crippen LogP contribution >= 0.6 is 0 Å². The number of piperidine rings is 1. The van der Waals surface area contributed by atoms with Crippen LogP contribution in [-0.4, -0.2) is 48.2 Å². The predicted octanol–water partition coefficient (Wildman–Crippen LogP) is 4.87. The van der Waals surface area contributed by atoms with Crippen LogP contribution < -0.4 is 10.6 Å². The molecule has 0 radical (unpaired) electrons. The Morgan fingerprint density at radius 1 is 1.00 bits per heavy atom. The minimum absolute atomic E-state index is 0.0396. The minimum atomic E-state index is -0.680. The lowest BCUT2D eigenvalue weighted by molar-refractivity contribution is -0.131. The van der Waals surface area contributed by atoms with Gasteiger partial charge in [-0.05, 0) is 56.2 Å². The third kappa shape index (κ3) is 7.26. The van der Waals surface area contributed by atoms with E-state index in [1.54, 1.807) is 17.0 Å². The summed E-state index contributed by atoms with van der Waals surface area (Å²) < 4.78 is 42.6. The standard InChI is InChI=1S/C30H36F3N3O3/c1-19(37)29(20-7-3-2-4-8-20)35-30(39)25-11-5-10-24(28(25)33)22-9-6-14-36(18-22)27(38)17-34-16-21-12-13-23(31)15-26(21)32/h5,10-13,15,20,22,29,34H,2-4,6-9,14,16-18H2,1H3,(H,35,39). The number of nitrogens with zero attached hydrogens (tertiary/aromatic N) is 1. The van der Waals surface area contributed by atoms with E-state index in [0.717, 1.165) is 44.2 Å². The number of nitrogens with one attached hydrogen (secondary N) is 2. The van der Waals surface area contributed by atoms with Crippen LogP contribution in [0.5, 0.6) is 0 Å². The first-order chi connectivity index (χ1) is 18.7. The number of carbonyl (C=O) groups excluding carboxylic acids is 3. The molecular formula is C30H36F3N3O3. The molecule has 2 aliphatic rings. The largest absolute Gasteiger partial charge is 0.342 e. The Morgan fingerprint density at radius 3 is 2.49 bits per heavy atom. The van der Waals surface area contributed by atoms with Crippen molar-refractivity contribution < 1.29 is 27.6 Å². The molecule has 1 heterocycles. The predicted molar refractivity (Wildman–Crippen MR) is 142 cm³/mol. The topological polar surface area (TPSA) is 78.5 Å². The van der Waals surface area contributed by atoms with Crippen LogP contribution in [0.4, 0.5) is 13.2 Å². The summed E-state index contributed by atoms with van der Waals surface area (Å²) in [6.45, 7) is 2.31. The number of amides is 2. The molecule has 1 aliphatic carbocycles. The van der Waals surface area contributed by atoms with Gasteiger partial charge in [-0.25, -0.2) is 13.2 Å². The maximum atomic E-state index is 15.7. The SMILES string of the molecule is CC(=O)C(NC(=O)c1cccc(C2CCCN(C(=O)CNCc3ccc(F)cc3F)C2)c1F)C1CCCCC1. The van der Waals surface area contributed by atoms with Crippen molar-refractivity contribution in [3.05, 3.63) is 70.5 Å². The van der Waals surface area contributed by atoms with Gasteiger partial charge in [-0.1, -0.05) is 37.5 Å². The van der Waals surface area contributed by atoms with Crippen molar-refractivity contribution in [1.82, 2.24) is 15.5 Å². The summed E-state index contributed by atoms with van der Waals surface area (Å²) in [4.78, 5) is 39.9. The molecular weight excluding hydrogens is 507 g/mol. The lowest BCUT2D eigenvalue weighted by atomic mass is 9.82. The van der Waals surface area contributed by atoms with Crippen molar-refractivity contribution in [1.29, 1.82) is 0 Å². The molecule has 0 bridgehead atoms. The van der Waals surface area contributed by atoms with Crippen molar-refractivity contribution in [2.45, 2.75) is 70.4 Å². The molecule has 0 aromatic heterocycles. The zero-order valence-corrected chi connectivity index (χ0v) is 22.3. The van der Waals surface area contributed by atoms with E-state index in [1.165, 1.54) is 19.1 Å². The molecule has 2 atom stereocenters. The second kappa shape index (κ2) is 13.2. The van der Waals surface area contributed by atoms with Gasteiger partial charge in [-0.15, -0.1) is 0 Å². The number of benzene rings is 2. The van der Waals surface area contributed by atoms with Crippen LogP contribution in [0.1, 0.15) is 79.3 Å². The van der Waals surface area contributed by atoms with Gasteiger partial charge < -0.3 is 15.5 Å². The molecule has 2 N–H and O–H groups in total. The molecule has 1 aliphatic heterocycles. The fourth-order valence-corrected chi connectivity index (χ4v) is 5.82. The molecule has 1 saturated carbocycles. The minimum Gasteiger partial charge on any atom is -0.342 e. The summed E-state index contributed by atoms with van der Waals surface area (Å²) in [5.74, 6) is -3.10. The quantitative estimate of drug-likeness (QED) is 0.473. The Bertz CT molecular complexity index is 1200. The van der Waals surface area contributed by atoms with Gasteiger partial charge in [0.25, 0.3) is 5.91 Å². The smallest absolute Gasteiger partial charge is 0.254 e. The highest BCUT2D eigenvalue weighted by atomic mass is 19.1. The van der Waals surface area contributed by atoms with E-state index in [-0.39, 0.29) is 47.7 Å². The summed E-state index contributed by atoms with van der Waals surface area (Å²) >= 11 is 0. The Labute approximate surface area is 227 Å². The zero-order valence-electron chi connectivity index (χ0n) is 22.3. The molecule has 6 nitrogen and oxygen atoms in total. The molecule has 2 fully saturated rings. The third-order valence-corrected chi connectivity index (χ3v) is 7.94. The van der Waals surface area contributed by atoms with Crippen molar-refractivity contribution in [3.8, 4) is 0 Å². The van der Waals surface area contributed by atoms with Crippen LogP contribution in [0.2, 0.25) is 0 Å². The van der Waals surface area contributed by atoms with Crippen LogP contribution in [-0.2, 0) is 16.1 Å². The molecule has 2 amide bonds. The van der Waals surface area contributed by atoms with Crippen LogP contribution in [0.15, 0.2) is 36.4 Å². The Balaban J connectivity index is 1.38. The van der Waals surface area contributed by atoms with Gasteiger partial charge in [-0.3, -0.25) is 14.4 Å². The van der Waals surface area contributed by atoms with Crippen LogP contribution in [0, 0.1) is 23.4 Å². The molecule has 2 aromatic rings. The van der Waals surface area contributed by atoms with E-state index in [9.17, 15) is 23.2 Å².